The Balaban J connectivity index is 0.000000711. The second kappa shape index (κ2) is 7.81. The maximum atomic E-state index is 11.6. The van der Waals surface area contributed by atoms with E-state index in [1.807, 2.05) is 0 Å². The van der Waals surface area contributed by atoms with Crippen LogP contribution in [0.15, 0.2) is 0 Å². The van der Waals surface area contributed by atoms with Crippen LogP contribution in [-0.4, -0.2) is 26.0 Å². The lowest BCUT2D eigenvalue weighted by atomic mass is 10.0. The van der Waals surface area contributed by atoms with Crippen LogP contribution in [0.4, 0.5) is 0 Å². The molecule has 0 spiro atoms. The molecule has 16 heavy (non-hydrogen) atoms. The summed E-state index contributed by atoms with van der Waals surface area (Å²) in [5.41, 5.74) is 0. The predicted octanol–water partition coefficient (Wildman–Crippen LogP) is 1.88. The number of fused-ring (bicyclic) bond motifs is 1. The number of nitrogens with one attached hydrogen (secondary N) is 1. The molecule has 0 aromatic carbocycles. The van der Waals surface area contributed by atoms with Gasteiger partial charge in [0, 0.05) is 56.1 Å². The van der Waals surface area contributed by atoms with Crippen LogP contribution in [0.2, 0.25) is 0 Å². The molecule has 96 valence electrons. The zero-order chi connectivity index (χ0) is 11.5. The fraction of sp³-hybridized carbons (Fsp3) is 0.875. The number of carbonyl (C=O) groups excluding carboxylic acids is 1. The molecule has 0 radical (unpaired) electrons. The Morgan fingerprint density at radius 3 is 2.50 bits per heavy atom. The molecule has 3 unspecified atom stereocenters. The average molecular weight is 491 g/mol. The molecule has 3 atom stereocenters. The van der Waals surface area contributed by atoms with E-state index in [1.165, 1.54) is 0 Å². The fourth-order valence-corrected chi connectivity index (χ4v) is 4.07. The van der Waals surface area contributed by atoms with Crippen LogP contribution in [0.3, 0.4) is 0 Å². The van der Waals surface area contributed by atoms with Crippen LogP contribution in [-0.2, 0) is 14.8 Å². The van der Waals surface area contributed by atoms with Crippen LogP contribution >= 0.6 is 47.1 Å². The van der Waals surface area contributed by atoms with Gasteiger partial charge in [0.2, 0.25) is 10.0 Å². The summed E-state index contributed by atoms with van der Waals surface area (Å²) in [7, 11) is -3.20. The molecule has 2 rings (SSSR count). The highest BCUT2D eigenvalue weighted by molar-refractivity contribution is 15.0. The number of hydrogen-bond acceptors (Lipinski definition) is 3. The Kier molecular flexibility index (Phi) is 8.52. The molecule has 2 fully saturated rings. The molecule has 0 aromatic heterocycles. The van der Waals surface area contributed by atoms with Gasteiger partial charge in [0.1, 0.15) is 5.78 Å². The topological polar surface area (TPSA) is 63.2 Å². The standard InChI is InChI=1S/C8H13NO3S.I2.H3P/c10-7-4-5-9-13(11,12)8-3-1-2-6(7)8;1-2;/h6,8-9H,1-5H2;;1H3. The summed E-state index contributed by atoms with van der Waals surface area (Å²) >= 11 is 4.24. The molecule has 8 heteroatoms. The van der Waals surface area contributed by atoms with Gasteiger partial charge in [0.05, 0.1) is 5.25 Å². The first-order valence-electron chi connectivity index (χ1n) is 4.77. The fourth-order valence-electron chi connectivity index (χ4n) is 2.27. The quantitative estimate of drug-likeness (QED) is 0.416. The van der Waals surface area contributed by atoms with E-state index in [1.54, 1.807) is 0 Å². The van der Waals surface area contributed by atoms with Crippen molar-refractivity contribution in [2.24, 2.45) is 5.92 Å². The SMILES string of the molecule is II.O=C1CCNS(=O)(=O)C2CCCC12.P. The monoisotopic (exact) mass is 491 g/mol. The van der Waals surface area contributed by atoms with Crippen molar-refractivity contribution in [3.8, 4) is 0 Å². The van der Waals surface area contributed by atoms with Gasteiger partial charge in [-0.15, -0.1) is 0 Å². The largest absolute Gasteiger partial charge is 0.299 e. The predicted molar refractivity (Wildman–Crippen MR) is 86.8 cm³/mol. The Labute approximate surface area is 123 Å². The Hall–Kier alpha value is 1.47. The number of rotatable bonds is 0. The van der Waals surface area contributed by atoms with Crippen molar-refractivity contribution in [1.82, 2.24) is 4.72 Å². The Morgan fingerprint density at radius 2 is 1.88 bits per heavy atom. The van der Waals surface area contributed by atoms with Crippen molar-refractivity contribution in [3.05, 3.63) is 0 Å². The van der Waals surface area contributed by atoms with Gasteiger partial charge in [-0.3, -0.25) is 4.79 Å². The minimum absolute atomic E-state index is 0. The minimum atomic E-state index is -3.20. The molecule has 1 saturated carbocycles. The van der Waals surface area contributed by atoms with E-state index >= 15 is 0 Å². The number of ketones is 1. The zero-order valence-electron chi connectivity index (χ0n) is 8.79. The summed E-state index contributed by atoms with van der Waals surface area (Å²) in [5, 5.41) is -0.442. The molecule has 0 bridgehead atoms. The first kappa shape index (κ1) is 17.5. The van der Waals surface area contributed by atoms with E-state index in [-0.39, 0.29) is 28.1 Å². The maximum absolute atomic E-state index is 11.6. The molecule has 1 N–H and O–H groups in total. The highest BCUT2D eigenvalue weighted by Gasteiger charge is 2.42. The summed E-state index contributed by atoms with van der Waals surface area (Å²) in [5.74, 6) is -0.101. The highest BCUT2D eigenvalue weighted by atomic mass is 128. The Bertz CT molecular complexity index is 336. The van der Waals surface area contributed by atoms with Crippen LogP contribution in [0, 0.1) is 5.92 Å². The van der Waals surface area contributed by atoms with E-state index in [4.69, 9.17) is 0 Å². The molecule has 1 saturated heterocycles. The molecule has 4 nitrogen and oxygen atoms in total. The summed E-state index contributed by atoms with van der Waals surface area (Å²) in [6.07, 6.45) is 2.62. The number of hydrogen-bond donors (Lipinski definition) is 1. The van der Waals surface area contributed by atoms with Crippen molar-refractivity contribution in [1.29, 1.82) is 0 Å². The number of Topliss-reactive ketones (excluding diaryl/α,β-unsaturated/α-hetero) is 1. The maximum Gasteiger partial charge on any atom is 0.215 e. The molecule has 1 aliphatic heterocycles. The first-order chi connectivity index (χ1) is 7.11. The lowest BCUT2D eigenvalue weighted by Gasteiger charge is -2.13. The van der Waals surface area contributed by atoms with Gasteiger partial charge in [-0.2, -0.15) is 9.90 Å². The number of halogens is 2. The van der Waals surface area contributed by atoms with E-state index in [2.05, 4.69) is 42.0 Å². The van der Waals surface area contributed by atoms with E-state index in [0.717, 1.165) is 12.8 Å². The van der Waals surface area contributed by atoms with Crippen molar-refractivity contribution < 1.29 is 13.2 Å². The molecular formula is C8H16I2NO3PS. The summed E-state index contributed by atoms with van der Waals surface area (Å²) in [6, 6.07) is 0. The molecule has 2 aliphatic rings. The number of carbonyl (C=O) groups is 1. The van der Waals surface area contributed by atoms with E-state index in [0.29, 0.717) is 12.8 Å². The van der Waals surface area contributed by atoms with Crippen molar-refractivity contribution in [3.63, 3.8) is 0 Å². The van der Waals surface area contributed by atoms with Crippen molar-refractivity contribution in [2.45, 2.75) is 30.9 Å². The second-order valence-electron chi connectivity index (χ2n) is 3.73. The third-order valence-electron chi connectivity index (χ3n) is 2.94. The van der Waals surface area contributed by atoms with Gasteiger partial charge in [-0.05, 0) is 12.8 Å². The van der Waals surface area contributed by atoms with Gasteiger partial charge in [0.25, 0.3) is 0 Å². The van der Waals surface area contributed by atoms with Crippen LogP contribution in [0.1, 0.15) is 25.7 Å². The first-order valence-corrected chi connectivity index (χ1v) is 12.6. The van der Waals surface area contributed by atoms with Crippen LogP contribution in [0.5, 0.6) is 0 Å². The second-order valence-corrected chi connectivity index (χ2v) is 5.72. The Morgan fingerprint density at radius 1 is 1.25 bits per heavy atom. The summed E-state index contributed by atoms with van der Waals surface area (Å²) in [4.78, 5) is 11.5. The third-order valence-corrected chi connectivity index (χ3v) is 4.91. The normalized spacial score (nSPS) is 31.5. The lowest BCUT2D eigenvalue weighted by molar-refractivity contribution is -0.122. The molecule has 1 heterocycles. The van der Waals surface area contributed by atoms with Gasteiger partial charge >= 0.3 is 0 Å². The van der Waals surface area contributed by atoms with Crippen LogP contribution in [0.25, 0.3) is 0 Å². The number of sulfonamides is 1. The van der Waals surface area contributed by atoms with Gasteiger partial charge in [-0.1, -0.05) is 6.42 Å². The van der Waals surface area contributed by atoms with E-state index in [9.17, 15) is 13.2 Å². The zero-order valence-corrected chi connectivity index (χ0v) is 15.3. The highest BCUT2D eigenvalue weighted by Crippen LogP contribution is 2.33. The van der Waals surface area contributed by atoms with Crippen LogP contribution < -0.4 is 4.72 Å². The van der Waals surface area contributed by atoms with Gasteiger partial charge in [0.15, 0.2) is 0 Å². The smallest absolute Gasteiger partial charge is 0.215 e. The average Bonchev–Trinajstić information content (AvgIpc) is 2.66. The summed E-state index contributed by atoms with van der Waals surface area (Å²) < 4.78 is 25.6. The van der Waals surface area contributed by atoms with Gasteiger partial charge < -0.3 is 0 Å². The molecule has 0 amide bonds. The summed E-state index contributed by atoms with van der Waals surface area (Å²) in [6.45, 7) is 0.286. The van der Waals surface area contributed by atoms with E-state index < -0.39 is 15.3 Å². The lowest BCUT2D eigenvalue weighted by Crippen LogP contribution is -2.34. The van der Waals surface area contributed by atoms with Gasteiger partial charge in [-0.25, -0.2) is 13.1 Å². The minimum Gasteiger partial charge on any atom is -0.299 e. The molecule has 1 aliphatic carbocycles. The molecule has 0 aromatic rings. The van der Waals surface area contributed by atoms with Crippen molar-refractivity contribution in [2.75, 3.05) is 6.54 Å². The third kappa shape index (κ3) is 4.00. The van der Waals surface area contributed by atoms with Crippen molar-refractivity contribution >= 4 is 62.9 Å². The molecular weight excluding hydrogens is 475 g/mol.